The second-order valence-corrected chi connectivity index (χ2v) is 6.76. The maximum atomic E-state index is 6.89. The van der Waals surface area contributed by atoms with Crippen molar-refractivity contribution >= 4 is 0 Å². The van der Waals surface area contributed by atoms with Crippen LogP contribution in [0.25, 0.3) is 0 Å². The number of hydrogen-bond acceptors (Lipinski definition) is 2. The van der Waals surface area contributed by atoms with Gasteiger partial charge in [-0.15, -0.1) is 0 Å². The Bertz CT molecular complexity index is 247. The van der Waals surface area contributed by atoms with E-state index < -0.39 is 0 Å². The zero-order valence-electron chi connectivity index (χ0n) is 11.7. The monoisotopic (exact) mass is 239 g/mol. The summed E-state index contributed by atoms with van der Waals surface area (Å²) in [5.41, 5.74) is 6.92. The van der Waals surface area contributed by atoms with Gasteiger partial charge in [0.25, 0.3) is 0 Å². The molecule has 0 aromatic heterocycles. The number of nitrogens with two attached hydrogens (primary N) is 1. The highest BCUT2D eigenvalue weighted by Gasteiger charge is 2.46. The maximum Gasteiger partial charge on any atom is 0.0511 e. The standard InChI is InChI=1S/C15H29NO/c1-11(2)14-7-6-12(3)9-15(14,16)13-5-4-8-17-10-13/h11-14H,4-10,16H2,1-3H3. The Balaban J connectivity index is 2.15. The van der Waals surface area contributed by atoms with Gasteiger partial charge in [-0.3, -0.25) is 0 Å². The van der Waals surface area contributed by atoms with Crippen LogP contribution in [0.3, 0.4) is 0 Å². The SMILES string of the molecule is CC1CCC(C(C)C)C(N)(C2CCCOC2)C1. The summed E-state index contributed by atoms with van der Waals surface area (Å²) in [6.07, 6.45) is 6.33. The first-order valence-electron chi connectivity index (χ1n) is 7.40. The Morgan fingerprint density at radius 2 is 2.00 bits per heavy atom. The van der Waals surface area contributed by atoms with Crippen molar-refractivity contribution < 1.29 is 4.74 Å². The fourth-order valence-electron chi connectivity index (χ4n) is 4.18. The quantitative estimate of drug-likeness (QED) is 0.803. The van der Waals surface area contributed by atoms with Crippen LogP contribution in [0.5, 0.6) is 0 Å². The molecule has 0 aromatic rings. The fraction of sp³-hybridized carbons (Fsp3) is 1.00. The van der Waals surface area contributed by atoms with E-state index in [4.69, 9.17) is 10.5 Å². The Morgan fingerprint density at radius 3 is 2.59 bits per heavy atom. The Kier molecular flexibility index (Phi) is 4.14. The van der Waals surface area contributed by atoms with E-state index >= 15 is 0 Å². The molecule has 1 saturated carbocycles. The molecule has 2 N–H and O–H groups in total. The van der Waals surface area contributed by atoms with Gasteiger partial charge in [0.15, 0.2) is 0 Å². The molecule has 2 aliphatic rings. The lowest BCUT2D eigenvalue weighted by Crippen LogP contribution is -2.59. The third-order valence-electron chi connectivity index (χ3n) is 5.09. The summed E-state index contributed by atoms with van der Waals surface area (Å²) in [6, 6.07) is 0. The summed E-state index contributed by atoms with van der Waals surface area (Å²) >= 11 is 0. The van der Waals surface area contributed by atoms with Gasteiger partial charge in [-0.1, -0.05) is 27.2 Å². The van der Waals surface area contributed by atoms with Crippen molar-refractivity contribution in [3.8, 4) is 0 Å². The predicted molar refractivity (Wildman–Crippen MR) is 71.8 cm³/mol. The van der Waals surface area contributed by atoms with E-state index in [-0.39, 0.29) is 5.54 Å². The number of ether oxygens (including phenoxy) is 1. The molecule has 17 heavy (non-hydrogen) atoms. The molecule has 2 rings (SSSR count). The second kappa shape index (κ2) is 5.27. The van der Waals surface area contributed by atoms with Crippen molar-refractivity contribution in [1.82, 2.24) is 0 Å². The summed E-state index contributed by atoms with van der Waals surface area (Å²) in [5, 5.41) is 0. The normalized spacial score (nSPS) is 43.9. The summed E-state index contributed by atoms with van der Waals surface area (Å²) in [6.45, 7) is 8.88. The van der Waals surface area contributed by atoms with Crippen LogP contribution in [0.4, 0.5) is 0 Å². The highest BCUT2D eigenvalue weighted by atomic mass is 16.5. The third-order valence-corrected chi connectivity index (χ3v) is 5.09. The molecular formula is C15H29NO. The molecule has 0 amide bonds. The van der Waals surface area contributed by atoms with E-state index in [1.165, 1.54) is 32.1 Å². The molecule has 2 heteroatoms. The van der Waals surface area contributed by atoms with E-state index in [9.17, 15) is 0 Å². The van der Waals surface area contributed by atoms with Crippen LogP contribution in [0.2, 0.25) is 0 Å². The average molecular weight is 239 g/mol. The molecular weight excluding hydrogens is 210 g/mol. The second-order valence-electron chi connectivity index (χ2n) is 6.76. The van der Waals surface area contributed by atoms with Gasteiger partial charge in [0.05, 0.1) is 6.61 Å². The topological polar surface area (TPSA) is 35.2 Å². The van der Waals surface area contributed by atoms with E-state index in [1.54, 1.807) is 0 Å². The lowest BCUT2D eigenvalue weighted by molar-refractivity contribution is -0.0280. The smallest absolute Gasteiger partial charge is 0.0511 e. The molecule has 4 atom stereocenters. The van der Waals surface area contributed by atoms with Crippen LogP contribution in [-0.4, -0.2) is 18.8 Å². The first kappa shape index (κ1) is 13.4. The predicted octanol–water partition coefficient (Wildman–Crippen LogP) is 3.20. The molecule has 0 spiro atoms. The van der Waals surface area contributed by atoms with E-state index in [0.29, 0.717) is 17.8 Å². The number of rotatable bonds is 2. The Labute approximate surface area is 106 Å². The molecule has 2 nitrogen and oxygen atoms in total. The fourth-order valence-corrected chi connectivity index (χ4v) is 4.18. The van der Waals surface area contributed by atoms with E-state index in [2.05, 4.69) is 20.8 Å². The maximum absolute atomic E-state index is 6.89. The van der Waals surface area contributed by atoms with Crippen LogP contribution in [0.15, 0.2) is 0 Å². The molecule has 0 bridgehead atoms. The minimum absolute atomic E-state index is 0.0340. The lowest BCUT2D eigenvalue weighted by atomic mass is 9.59. The average Bonchev–Trinajstić information content (AvgIpc) is 2.29. The van der Waals surface area contributed by atoms with Gasteiger partial charge < -0.3 is 10.5 Å². The molecule has 1 heterocycles. The minimum atomic E-state index is 0.0340. The molecule has 2 fully saturated rings. The minimum Gasteiger partial charge on any atom is -0.381 e. The lowest BCUT2D eigenvalue weighted by Gasteiger charge is -2.51. The van der Waals surface area contributed by atoms with Gasteiger partial charge in [-0.25, -0.2) is 0 Å². The molecule has 1 aliphatic heterocycles. The largest absolute Gasteiger partial charge is 0.381 e. The first-order valence-corrected chi connectivity index (χ1v) is 7.40. The zero-order valence-corrected chi connectivity index (χ0v) is 11.7. The van der Waals surface area contributed by atoms with Crippen LogP contribution >= 0.6 is 0 Å². The van der Waals surface area contributed by atoms with Crippen molar-refractivity contribution in [1.29, 1.82) is 0 Å². The van der Waals surface area contributed by atoms with Crippen molar-refractivity contribution in [2.75, 3.05) is 13.2 Å². The van der Waals surface area contributed by atoms with Crippen molar-refractivity contribution in [3.05, 3.63) is 0 Å². The summed E-state index contributed by atoms with van der Waals surface area (Å²) in [4.78, 5) is 0. The van der Waals surface area contributed by atoms with Crippen molar-refractivity contribution in [2.45, 2.75) is 58.4 Å². The van der Waals surface area contributed by atoms with Gasteiger partial charge in [0, 0.05) is 18.1 Å². The van der Waals surface area contributed by atoms with E-state index in [1.807, 2.05) is 0 Å². The van der Waals surface area contributed by atoms with Gasteiger partial charge >= 0.3 is 0 Å². The van der Waals surface area contributed by atoms with Crippen LogP contribution in [-0.2, 0) is 4.74 Å². The van der Waals surface area contributed by atoms with E-state index in [0.717, 1.165) is 19.1 Å². The van der Waals surface area contributed by atoms with Crippen LogP contribution < -0.4 is 5.73 Å². The highest BCUT2D eigenvalue weighted by Crippen LogP contribution is 2.45. The third kappa shape index (κ3) is 2.68. The molecule has 1 aliphatic carbocycles. The highest BCUT2D eigenvalue weighted by molar-refractivity contribution is 5.02. The van der Waals surface area contributed by atoms with Gasteiger partial charge in [-0.05, 0) is 43.4 Å². The van der Waals surface area contributed by atoms with Crippen LogP contribution in [0, 0.1) is 23.7 Å². The molecule has 0 aromatic carbocycles. The van der Waals surface area contributed by atoms with Gasteiger partial charge in [0.1, 0.15) is 0 Å². The number of hydrogen-bond donors (Lipinski definition) is 1. The van der Waals surface area contributed by atoms with Crippen molar-refractivity contribution in [3.63, 3.8) is 0 Å². The molecule has 0 radical (unpaired) electrons. The first-order chi connectivity index (χ1) is 8.04. The van der Waals surface area contributed by atoms with Gasteiger partial charge in [-0.2, -0.15) is 0 Å². The Morgan fingerprint density at radius 1 is 1.24 bits per heavy atom. The van der Waals surface area contributed by atoms with Crippen LogP contribution in [0.1, 0.15) is 52.9 Å². The molecule has 100 valence electrons. The zero-order chi connectivity index (χ0) is 12.5. The Hall–Kier alpha value is -0.0800. The van der Waals surface area contributed by atoms with Crippen molar-refractivity contribution in [2.24, 2.45) is 29.4 Å². The van der Waals surface area contributed by atoms with Gasteiger partial charge in [0.2, 0.25) is 0 Å². The molecule has 1 saturated heterocycles. The summed E-state index contributed by atoms with van der Waals surface area (Å²) in [5.74, 6) is 2.77. The summed E-state index contributed by atoms with van der Waals surface area (Å²) < 4.78 is 5.68. The molecule has 4 unspecified atom stereocenters. The summed E-state index contributed by atoms with van der Waals surface area (Å²) in [7, 11) is 0.